The molecule has 0 fully saturated rings. The first-order valence-electron chi connectivity index (χ1n) is 7.75. The van der Waals surface area contributed by atoms with Crippen molar-refractivity contribution in [3.63, 3.8) is 0 Å². The van der Waals surface area contributed by atoms with Gasteiger partial charge in [-0.15, -0.1) is 0 Å². The second-order valence-corrected chi connectivity index (χ2v) is 6.44. The molecular weight excluding hydrogens is 369 g/mol. The van der Waals surface area contributed by atoms with E-state index in [2.05, 4.69) is 10.1 Å². The van der Waals surface area contributed by atoms with E-state index in [-0.39, 0.29) is 29.1 Å². The molecule has 3 aromatic rings. The Labute approximate surface area is 151 Å². The van der Waals surface area contributed by atoms with Crippen LogP contribution in [0.2, 0.25) is 5.15 Å². The molecule has 0 N–H and O–H groups in total. The number of hydrogen-bond acceptors (Lipinski definition) is 3. The van der Waals surface area contributed by atoms with Crippen molar-refractivity contribution in [3.05, 3.63) is 63.6 Å². The first-order valence-corrected chi connectivity index (χ1v) is 8.12. The summed E-state index contributed by atoms with van der Waals surface area (Å²) in [5.41, 5.74) is -1.46. The van der Waals surface area contributed by atoms with Crippen molar-refractivity contribution in [3.8, 4) is 17.1 Å². The summed E-state index contributed by atoms with van der Waals surface area (Å²) in [4.78, 5) is 16.9. The second-order valence-electron chi connectivity index (χ2n) is 6.08. The minimum Gasteiger partial charge on any atom is -0.302 e. The number of hydrogen-bond donors (Lipinski definition) is 0. The van der Waals surface area contributed by atoms with Crippen molar-refractivity contribution in [1.29, 1.82) is 0 Å². The van der Waals surface area contributed by atoms with E-state index in [1.807, 2.05) is 13.8 Å². The van der Waals surface area contributed by atoms with Gasteiger partial charge in [0.05, 0.1) is 11.3 Å². The zero-order valence-corrected chi connectivity index (χ0v) is 14.6. The standard InChI is InChI=1S/C17H14ClF3N4O/c1-9(2)8-24-14(13-11(20)6-10(19)7-12(13)21)15(18)23-16(17(24)26)25-5-3-4-22-25/h3-7,9H,8H2,1-2H3. The summed E-state index contributed by atoms with van der Waals surface area (Å²) in [6.07, 6.45) is 2.95. The lowest BCUT2D eigenvalue weighted by molar-refractivity contribution is 0.503. The van der Waals surface area contributed by atoms with Gasteiger partial charge in [0.1, 0.15) is 17.5 Å². The molecular formula is C17H14ClF3N4O. The van der Waals surface area contributed by atoms with Gasteiger partial charge in [-0.1, -0.05) is 25.4 Å². The van der Waals surface area contributed by atoms with Crippen molar-refractivity contribution in [2.45, 2.75) is 20.4 Å². The SMILES string of the molecule is CC(C)Cn1c(-c2c(F)cc(F)cc2F)c(Cl)nc(-n2cccn2)c1=O. The van der Waals surface area contributed by atoms with Gasteiger partial charge in [0, 0.05) is 31.1 Å². The van der Waals surface area contributed by atoms with Crippen LogP contribution in [0.5, 0.6) is 0 Å². The lowest BCUT2D eigenvalue weighted by Crippen LogP contribution is -2.30. The van der Waals surface area contributed by atoms with Gasteiger partial charge in [-0.2, -0.15) is 5.10 Å². The van der Waals surface area contributed by atoms with Gasteiger partial charge in [0.2, 0.25) is 5.82 Å². The Bertz CT molecular complexity index is 993. The quantitative estimate of drug-likeness (QED) is 0.689. The molecule has 0 aliphatic carbocycles. The maximum Gasteiger partial charge on any atom is 0.296 e. The van der Waals surface area contributed by atoms with Gasteiger partial charge in [-0.05, 0) is 12.0 Å². The summed E-state index contributed by atoms with van der Waals surface area (Å²) in [6, 6.07) is 2.65. The lowest BCUT2D eigenvalue weighted by Gasteiger charge is -2.18. The van der Waals surface area contributed by atoms with Crippen molar-refractivity contribution in [2.75, 3.05) is 0 Å². The van der Waals surface area contributed by atoms with Gasteiger partial charge in [-0.3, -0.25) is 4.79 Å². The molecule has 26 heavy (non-hydrogen) atoms. The molecule has 0 atom stereocenters. The Hall–Kier alpha value is -2.61. The van der Waals surface area contributed by atoms with E-state index in [9.17, 15) is 18.0 Å². The highest BCUT2D eigenvalue weighted by molar-refractivity contribution is 6.31. The van der Waals surface area contributed by atoms with Crippen LogP contribution in [0.1, 0.15) is 13.8 Å². The molecule has 0 aliphatic heterocycles. The molecule has 0 unspecified atom stereocenters. The van der Waals surface area contributed by atoms with Crippen LogP contribution in [0.4, 0.5) is 13.2 Å². The highest BCUT2D eigenvalue weighted by Crippen LogP contribution is 2.31. The minimum absolute atomic E-state index is 0.0399. The van der Waals surface area contributed by atoms with Gasteiger partial charge in [-0.25, -0.2) is 22.8 Å². The van der Waals surface area contributed by atoms with Crippen LogP contribution in [0.15, 0.2) is 35.4 Å². The van der Waals surface area contributed by atoms with E-state index in [0.29, 0.717) is 12.1 Å². The average molecular weight is 383 g/mol. The molecule has 2 aromatic heterocycles. The summed E-state index contributed by atoms with van der Waals surface area (Å²) >= 11 is 6.19. The third kappa shape index (κ3) is 3.24. The van der Waals surface area contributed by atoms with Gasteiger partial charge >= 0.3 is 0 Å². The summed E-state index contributed by atoms with van der Waals surface area (Å²) < 4.78 is 44.2. The van der Waals surface area contributed by atoms with Gasteiger partial charge in [0.25, 0.3) is 5.56 Å². The Kier molecular flexibility index (Phi) is 4.86. The third-order valence-corrected chi connectivity index (χ3v) is 3.88. The van der Waals surface area contributed by atoms with E-state index < -0.39 is 28.6 Å². The van der Waals surface area contributed by atoms with Crippen LogP contribution in [0.3, 0.4) is 0 Å². The van der Waals surface area contributed by atoms with Crippen LogP contribution in [0.25, 0.3) is 17.1 Å². The first-order chi connectivity index (χ1) is 12.3. The van der Waals surface area contributed by atoms with E-state index in [1.165, 1.54) is 17.1 Å². The highest BCUT2D eigenvalue weighted by Gasteiger charge is 2.24. The number of halogens is 4. The zero-order chi connectivity index (χ0) is 19.0. The van der Waals surface area contributed by atoms with Crippen LogP contribution in [-0.2, 0) is 6.54 Å². The van der Waals surface area contributed by atoms with Crippen LogP contribution in [-0.4, -0.2) is 19.3 Å². The maximum atomic E-state index is 14.3. The Morgan fingerprint density at radius 2 is 1.85 bits per heavy atom. The summed E-state index contributed by atoms with van der Waals surface area (Å²) in [7, 11) is 0. The maximum absolute atomic E-state index is 14.3. The minimum atomic E-state index is -1.17. The molecule has 5 nitrogen and oxygen atoms in total. The Morgan fingerprint density at radius 1 is 1.19 bits per heavy atom. The zero-order valence-electron chi connectivity index (χ0n) is 13.9. The molecule has 0 saturated carbocycles. The summed E-state index contributed by atoms with van der Waals surface area (Å²) in [5, 5.41) is 3.65. The van der Waals surface area contributed by atoms with E-state index in [1.54, 1.807) is 6.07 Å². The molecule has 0 bridgehead atoms. The van der Waals surface area contributed by atoms with Gasteiger partial charge < -0.3 is 4.57 Å². The molecule has 1 aromatic carbocycles. The molecule has 0 aliphatic rings. The normalized spacial score (nSPS) is 11.3. The fraction of sp³-hybridized carbons (Fsp3) is 0.235. The lowest BCUT2D eigenvalue weighted by atomic mass is 10.1. The van der Waals surface area contributed by atoms with E-state index >= 15 is 0 Å². The monoisotopic (exact) mass is 382 g/mol. The molecule has 0 amide bonds. The largest absolute Gasteiger partial charge is 0.302 e. The molecule has 0 saturated heterocycles. The number of nitrogens with zero attached hydrogens (tertiary/aromatic N) is 4. The number of aromatic nitrogens is 4. The number of benzene rings is 1. The molecule has 9 heteroatoms. The predicted octanol–water partition coefficient (Wildman–Crippen LogP) is 3.82. The number of rotatable bonds is 4. The molecule has 136 valence electrons. The molecule has 2 heterocycles. The van der Waals surface area contributed by atoms with Crippen molar-refractivity contribution in [1.82, 2.24) is 19.3 Å². The van der Waals surface area contributed by atoms with Crippen molar-refractivity contribution >= 4 is 11.6 Å². The smallest absolute Gasteiger partial charge is 0.296 e. The van der Waals surface area contributed by atoms with Gasteiger partial charge in [0.15, 0.2) is 5.15 Å². The van der Waals surface area contributed by atoms with Crippen LogP contribution >= 0.6 is 11.6 Å². The predicted molar refractivity (Wildman–Crippen MR) is 90.8 cm³/mol. The van der Waals surface area contributed by atoms with E-state index in [4.69, 9.17) is 11.6 Å². The summed E-state index contributed by atoms with van der Waals surface area (Å²) in [6.45, 7) is 3.78. The molecule has 0 radical (unpaired) electrons. The average Bonchev–Trinajstić information content (AvgIpc) is 3.06. The van der Waals surface area contributed by atoms with Crippen molar-refractivity contribution < 1.29 is 13.2 Å². The Balaban J connectivity index is 2.36. The van der Waals surface area contributed by atoms with E-state index in [0.717, 1.165) is 4.57 Å². The first kappa shape index (κ1) is 18.2. The fourth-order valence-electron chi connectivity index (χ4n) is 2.62. The van der Waals surface area contributed by atoms with Crippen LogP contribution < -0.4 is 5.56 Å². The van der Waals surface area contributed by atoms with Crippen LogP contribution in [0, 0.1) is 23.4 Å². The molecule has 3 rings (SSSR count). The highest BCUT2D eigenvalue weighted by atomic mass is 35.5. The van der Waals surface area contributed by atoms with Crippen molar-refractivity contribution in [2.24, 2.45) is 5.92 Å². The topological polar surface area (TPSA) is 52.7 Å². The fourth-order valence-corrected chi connectivity index (χ4v) is 2.89. The second kappa shape index (κ2) is 6.95. The third-order valence-electron chi connectivity index (χ3n) is 3.62. The summed E-state index contributed by atoms with van der Waals surface area (Å²) in [5.74, 6) is -3.56. The molecule has 0 spiro atoms. The Morgan fingerprint density at radius 3 is 2.38 bits per heavy atom.